The third-order valence-corrected chi connectivity index (χ3v) is 5.19. The first kappa shape index (κ1) is 16.2. The van der Waals surface area contributed by atoms with Crippen molar-refractivity contribution >= 4 is 5.69 Å². The highest BCUT2D eigenvalue weighted by Gasteiger charge is 2.27. The van der Waals surface area contributed by atoms with Crippen LogP contribution in [0.25, 0.3) is 0 Å². The van der Waals surface area contributed by atoms with E-state index in [9.17, 15) is 0 Å². The average Bonchev–Trinajstić information content (AvgIpc) is 2.85. The predicted octanol–water partition coefficient (Wildman–Crippen LogP) is 4.95. The zero-order valence-corrected chi connectivity index (χ0v) is 15.5. The van der Waals surface area contributed by atoms with Crippen molar-refractivity contribution in [2.24, 2.45) is 5.92 Å². The van der Waals surface area contributed by atoms with Gasteiger partial charge in [0.25, 0.3) is 0 Å². The summed E-state index contributed by atoms with van der Waals surface area (Å²) in [5, 5.41) is 0. The van der Waals surface area contributed by atoms with Crippen LogP contribution in [0.2, 0.25) is 0 Å². The summed E-state index contributed by atoms with van der Waals surface area (Å²) in [7, 11) is 0. The van der Waals surface area contributed by atoms with Crippen molar-refractivity contribution in [3.05, 3.63) is 51.7 Å². The molecule has 1 aliphatic heterocycles. The molecular formula is C21H30N2. The van der Waals surface area contributed by atoms with Gasteiger partial charge in [-0.2, -0.15) is 0 Å². The summed E-state index contributed by atoms with van der Waals surface area (Å²) < 4.78 is 0. The quantitative estimate of drug-likeness (QED) is 0.762. The number of allylic oxidation sites excluding steroid dienone is 3. The van der Waals surface area contributed by atoms with Crippen LogP contribution in [0.5, 0.6) is 0 Å². The summed E-state index contributed by atoms with van der Waals surface area (Å²) in [4.78, 5) is 5.13. The standard InChI is InChI=1S/C21H30N2/c1-14-9-16(3)20(17(4)10-14)22-7-8-23(13-22)21-18(5)11-15(2)12-19(21)6/h9-11,15H,7-8,12-13H2,1-6H3. The maximum atomic E-state index is 2.58. The summed E-state index contributed by atoms with van der Waals surface area (Å²) >= 11 is 0. The molecule has 1 atom stereocenters. The van der Waals surface area contributed by atoms with Crippen molar-refractivity contribution in [3.8, 4) is 0 Å². The minimum atomic E-state index is 0.680. The molecule has 124 valence electrons. The van der Waals surface area contributed by atoms with Gasteiger partial charge in [-0.3, -0.25) is 0 Å². The molecule has 1 saturated heterocycles. The number of hydrogen-bond donors (Lipinski definition) is 0. The fraction of sp³-hybridized carbons (Fsp3) is 0.524. The van der Waals surface area contributed by atoms with Crippen LogP contribution < -0.4 is 4.90 Å². The van der Waals surface area contributed by atoms with Crippen LogP contribution in [-0.4, -0.2) is 24.7 Å². The van der Waals surface area contributed by atoms with Crippen LogP contribution in [0.3, 0.4) is 0 Å². The van der Waals surface area contributed by atoms with Gasteiger partial charge >= 0.3 is 0 Å². The maximum absolute atomic E-state index is 2.58. The van der Waals surface area contributed by atoms with Gasteiger partial charge in [-0.1, -0.05) is 30.7 Å². The second-order valence-electron chi connectivity index (χ2n) is 7.58. The van der Waals surface area contributed by atoms with Crippen molar-refractivity contribution < 1.29 is 0 Å². The van der Waals surface area contributed by atoms with Gasteiger partial charge in [0.05, 0.1) is 6.67 Å². The monoisotopic (exact) mass is 310 g/mol. The third kappa shape index (κ3) is 3.04. The Bertz CT molecular complexity index is 658. The van der Waals surface area contributed by atoms with E-state index in [-0.39, 0.29) is 0 Å². The maximum Gasteiger partial charge on any atom is 0.0904 e. The Balaban J connectivity index is 1.85. The van der Waals surface area contributed by atoms with Gasteiger partial charge in [-0.15, -0.1) is 0 Å². The molecule has 2 nitrogen and oxygen atoms in total. The number of benzene rings is 1. The molecular weight excluding hydrogens is 280 g/mol. The highest BCUT2D eigenvalue weighted by atomic mass is 15.4. The Morgan fingerprint density at radius 3 is 2.13 bits per heavy atom. The van der Waals surface area contributed by atoms with Crippen LogP contribution in [0, 0.1) is 26.7 Å². The number of hydrogen-bond acceptors (Lipinski definition) is 2. The van der Waals surface area contributed by atoms with E-state index < -0.39 is 0 Å². The Morgan fingerprint density at radius 2 is 1.52 bits per heavy atom. The van der Waals surface area contributed by atoms with Gasteiger partial charge in [0.1, 0.15) is 0 Å². The van der Waals surface area contributed by atoms with Crippen molar-refractivity contribution in [2.75, 3.05) is 24.7 Å². The largest absolute Gasteiger partial charge is 0.352 e. The van der Waals surface area contributed by atoms with E-state index in [0.717, 1.165) is 19.8 Å². The van der Waals surface area contributed by atoms with E-state index >= 15 is 0 Å². The van der Waals surface area contributed by atoms with Crippen molar-refractivity contribution in [1.82, 2.24) is 4.90 Å². The second-order valence-corrected chi connectivity index (χ2v) is 7.58. The molecule has 0 bridgehead atoms. The molecule has 0 N–H and O–H groups in total. The summed E-state index contributed by atoms with van der Waals surface area (Å²) in [6, 6.07) is 4.62. The second kappa shape index (κ2) is 6.07. The molecule has 1 aromatic rings. The number of rotatable bonds is 2. The fourth-order valence-electron chi connectivity index (χ4n) is 4.63. The lowest BCUT2D eigenvalue weighted by Gasteiger charge is -2.30. The first-order valence-electron chi connectivity index (χ1n) is 8.83. The minimum Gasteiger partial charge on any atom is -0.352 e. The normalized spacial score (nSPS) is 22.0. The van der Waals surface area contributed by atoms with Gasteiger partial charge in [0.15, 0.2) is 0 Å². The van der Waals surface area contributed by atoms with Crippen LogP contribution >= 0.6 is 0 Å². The van der Waals surface area contributed by atoms with Gasteiger partial charge in [0.2, 0.25) is 0 Å². The SMILES string of the molecule is CC1=CC(C)CC(C)=C1N1CCN(c2c(C)cc(C)cc2C)C1. The summed E-state index contributed by atoms with van der Waals surface area (Å²) in [5.41, 5.74) is 10.1. The molecule has 0 saturated carbocycles. The van der Waals surface area contributed by atoms with Crippen molar-refractivity contribution in [2.45, 2.75) is 48.0 Å². The zero-order chi connectivity index (χ0) is 16.7. The lowest BCUT2D eigenvalue weighted by atomic mass is 9.90. The molecule has 3 rings (SSSR count). The third-order valence-electron chi connectivity index (χ3n) is 5.19. The summed E-state index contributed by atoms with van der Waals surface area (Å²) in [5.74, 6) is 0.680. The van der Waals surface area contributed by atoms with E-state index in [2.05, 4.69) is 69.6 Å². The molecule has 0 spiro atoms. The topological polar surface area (TPSA) is 6.48 Å². The number of anilines is 1. The van der Waals surface area contributed by atoms with Crippen LogP contribution in [-0.2, 0) is 0 Å². The van der Waals surface area contributed by atoms with Crippen LogP contribution in [0.4, 0.5) is 5.69 Å². The van der Waals surface area contributed by atoms with E-state index in [1.807, 2.05) is 0 Å². The molecule has 1 fully saturated rings. The fourth-order valence-corrected chi connectivity index (χ4v) is 4.63. The number of aryl methyl sites for hydroxylation is 3. The molecule has 2 aliphatic rings. The Labute approximate surface area is 141 Å². The highest BCUT2D eigenvalue weighted by molar-refractivity contribution is 5.61. The van der Waals surface area contributed by atoms with E-state index in [4.69, 9.17) is 0 Å². The summed E-state index contributed by atoms with van der Waals surface area (Å²) in [6.07, 6.45) is 3.64. The molecule has 23 heavy (non-hydrogen) atoms. The Morgan fingerprint density at radius 1 is 0.913 bits per heavy atom. The molecule has 0 radical (unpaired) electrons. The van der Waals surface area contributed by atoms with Crippen molar-refractivity contribution in [3.63, 3.8) is 0 Å². The molecule has 0 aromatic heterocycles. The van der Waals surface area contributed by atoms with Gasteiger partial charge < -0.3 is 9.80 Å². The molecule has 1 unspecified atom stereocenters. The average molecular weight is 310 g/mol. The van der Waals surface area contributed by atoms with Crippen LogP contribution in [0.1, 0.15) is 43.9 Å². The molecule has 1 aliphatic carbocycles. The zero-order valence-electron chi connectivity index (χ0n) is 15.5. The van der Waals surface area contributed by atoms with Crippen LogP contribution in [0.15, 0.2) is 35.1 Å². The molecule has 1 heterocycles. The summed E-state index contributed by atoms with van der Waals surface area (Å²) in [6.45, 7) is 16.8. The minimum absolute atomic E-state index is 0.680. The first-order chi connectivity index (χ1) is 10.9. The lowest BCUT2D eigenvalue weighted by molar-refractivity contribution is 0.422. The van der Waals surface area contributed by atoms with E-state index in [1.54, 1.807) is 5.57 Å². The predicted molar refractivity (Wildman–Crippen MR) is 99.8 cm³/mol. The van der Waals surface area contributed by atoms with E-state index in [1.165, 1.54) is 40.1 Å². The molecule has 0 amide bonds. The highest BCUT2D eigenvalue weighted by Crippen LogP contribution is 2.34. The Kier molecular flexibility index (Phi) is 4.27. The molecule has 2 heteroatoms. The smallest absolute Gasteiger partial charge is 0.0904 e. The first-order valence-corrected chi connectivity index (χ1v) is 8.83. The van der Waals surface area contributed by atoms with Gasteiger partial charge in [0, 0.05) is 24.5 Å². The lowest BCUT2D eigenvalue weighted by Crippen LogP contribution is -2.28. The van der Waals surface area contributed by atoms with E-state index in [0.29, 0.717) is 5.92 Å². The number of nitrogens with zero attached hydrogens (tertiary/aromatic N) is 2. The Hall–Kier alpha value is -1.70. The van der Waals surface area contributed by atoms with Gasteiger partial charge in [-0.05, 0) is 69.2 Å². The van der Waals surface area contributed by atoms with Gasteiger partial charge in [-0.25, -0.2) is 0 Å². The van der Waals surface area contributed by atoms with Crippen molar-refractivity contribution in [1.29, 1.82) is 0 Å². The molecule has 1 aromatic carbocycles.